The van der Waals surface area contributed by atoms with Crippen LogP contribution in [0.3, 0.4) is 0 Å². The number of benzene rings is 2. The van der Waals surface area contributed by atoms with Gasteiger partial charge in [0, 0.05) is 0 Å². The van der Waals surface area contributed by atoms with Gasteiger partial charge in [-0.2, -0.15) is 13.2 Å². The average Bonchev–Trinajstić information content (AvgIpc) is 2.61. The van der Waals surface area contributed by atoms with Gasteiger partial charge < -0.3 is 4.74 Å². The van der Waals surface area contributed by atoms with Crippen LogP contribution in [0.2, 0.25) is 0 Å². The Morgan fingerprint density at radius 2 is 1.92 bits per heavy atom. The van der Waals surface area contributed by atoms with E-state index in [9.17, 15) is 18.0 Å². The van der Waals surface area contributed by atoms with Gasteiger partial charge >= 0.3 is 6.18 Å². The van der Waals surface area contributed by atoms with Gasteiger partial charge in [0.2, 0.25) is 0 Å². The highest BCUT2D eigenvalue weighted by atomic mass is 35.5. The zero-order chi connectivity index (χ0) is 18.9. The third-order valence-electron chi connectivity index (χ3n) is 3.79. The molecule has 0 atom stereocenters. The van der Waals surface area contributed by atoms with Crippen molar-refractivity contribution in [3.8, 4) is 11.4 Å². The standard InChI is InChI=1S/C18H14ClF3N2O2/c1-2-26-15-8-7-11(18(20,21)22)9-14(15)24-16(10-19)23-13-6-4-3-5-12(13)17(24)25/h3-9H,2,10H2,1H3. The van der Waals surface area contributed by atoms with E-state index in [2.05, 4.69) is 4.98 Å². The third kappa shape index (κ3) is 3.26. The zero-order valence-corrected chi connectivity index (χ0v) is 14.4. The maximum atomic E-state index is 13.2. The molecule has 0 fully saturated rings. The number of rotatable bonds is 4. The maximum Gasteiger partial charge on any atom is 0.416 e. The molecule has 1 heterocycles. The quantitative estimate of drug-likeness (QED) is 0.622. The van der Waals surface area contributed by atoms with E-state index >= 15 is 0 Å². The van der Waals surface area contributed by atoms with E-state index in [-0.39, 0.29) is 35.1 Å². The van der Waals surface area contributed by atoms with Crippen LogP contribution in [-0.4, -0.2) is 16.2 Å². The average molecular weight is 383 g/mol. The lowest BCUT2D eigenvalue weighted by Crippen LogP contribution is -2.24. The lowest BCUT2D eigenvalue weighted by molar-refractivity contribution is -0.137. The van der Waals surface area contributed by atoms with Crippen molar-refractivity contribution in [1.82, 2.24) is 9.55 Å². The van der Waals surface area contributed by atoms with Crippen molar-refractivity contribution in [3.05, 3.63) is 64.2 Å². The Morgan fingerprint density at radius 3 is 2.58 bits per heavy atom. The van der Waals surface area contributed by atoms with Crippen molar-refractivity contribution in [2.24, 2.45) is 0 Å². The Balaban J connectivity index is 2.38. The number of para-hydroxylation sites is 1. The minimum absolute atomic E-state index is 0.0411. The Morgan fingerprint density at radius 1 is 1.19 bits per heavy atom. The summed E-state index contributed by atoms with van der Waals surface area (Å²) in [6.07, 6.45) is -4.56. The SMILES string of the molecule is CCOc1ccc(C(F)(F)F)cc1-n1c(CCl)nc2ccccc2c1=O. The fourth-order valence-corrected chi connectivity index (χ4v) is 2.84. The van der Waals surface area contributed by atoms with Gasteiger partial charge in [-0.25, -0.2) is 4.98 Å². The molecule has 0 saturated heterocycles. The smallest absolute Gasteiger partial charge is 0.416 e. The minimum atomic E-state index is -4.56. The molecule has 0 amide bonds. The monoisotopic (exact) mass is 382 g/mol. The fraction of sp³-hybridized carbons (Fsp3) is 0.222. The van der Waals surface area contributed by atoms with Gasteiger partial charge in [-0.05, 0) is 37.3 Å². The molecule has 0 bridgehead atoms. The van der Waals surface area contributed by atoms with Crippen LogP contribution < -0.4 is 10.3 Å². The van der Waals surface area contributed by atoms with Crippen molar-refractivity contribution in [2.75, 3.05) is 6.61 Å². The van der Waals surface area contributed by atoms with Crippen LogP contribution >= 0.6 is 11.6 Å². The first-order chi connectivity index (χ1) is 12.4. The lowest BCUT2D eigenvalue weighted by atomic mass is 10.1. The molecule has 3 rings (SSSR count). The summed E-state index contributed by atoms with van der Waals surface area (Å²) in [5, 5.41) is 0.279. The van der Waals surface area contributed by atoms with Crippen molar-refractivity contribution >= 4 is 22.5 Å². The number of alkyl halides is 4. The number of hydrogen-bond acceptors (Lipinski definition) is 3. The van der Waals surface area contributed by atoms with E-state index in [0.29, 0.717) is 5.52 Å². The van der Waals surface area contributed by atoms with Crippen LogP contribution in [0.1, 0.15) is 18.3 Å². The molecule has 0 N–H and O–H groups in total. The summed E-state index contributed by atoms with van der Waals surface area (Å²) in [6, 6.07) is 9.56. The first-order valence-corrected chi connectivity index (χ1v) is 8.31. The van der Waals surface area contributed by atoms with Gasteiger partial charge in [0.1, 0.15) is 11.6 Å². The third-order valence-corrected chi connectivity index (χ3v) is 4.03. The molecule has 8 heteroatoms. The van der Waals surface area contributed by atoms with Gasteiger partial charge in [0.25, 0.3) is 5.56 Å². The highest BCUT2D eigenvalue weighted by Gasteiger charge is 2.32. The molecule has 4 nitrogen and oxygen atoms in total. The molecule has 1 aromatic heterocycles. The Bertz CT molecular complexity index is 1020. The number of nitrogens with zero attached hydrogens (tertiary/aromatic N) is 2. The van der Waals surface area contributed by atoms with Crippen molar-refractivity contribution in [1.29, 1.82) is 0 Å². The molecule has 3 aromatic rings. The summed E-state index contributed by atoms with van der Waals surface area (Å²) in [5.41, 5.74) is -1.02. The minimum Gasteiger partial charge on any atom is -0.492 e. The summed E-state index contributed by atoms with van der Waals surface area (Å²) < 4.78 is 46.0. The van der Waals surface area contributed by atoms with E-state index in [1.807, 2.05) is 0 Å². The van der Waals surface area contributed by atoms with E-state index in [1.165, 1.54) is 6.07 Å². The largest absolute Gasteiger partial charge is 0.492 e. The van der Waals surface area contributed by atoms with Crippen LogP contribution in [0, 0.1) is 0 Å². The maximum absolute atomic E-state index is 13.2. The van der Waals surface area contributed by atoms with E-state index in [4.69, 9.17) is 16.3 Å². The first-order valence-electron chi connectivity index (χ1n) is 7.78. The van der Waals surface area contributed by atoms with E-state index in [0.717, 1.165) is 16.7 Å². The summed E-state index contributed by atoms with van der Waals surface area (Å²) in [5.74, 6) is 0.128. The number of hydrogen-bond donors (Lipinski definition) is 0. The second-order valence-corrected chi connectivity index (χ2v) is 5.70. The van der Waals surface area contributed by atoms with Gasteiger partial charge in [-0.1, -0.05) is 12.1 Å². The molecule has 0 radical (unpaired) electrons. The van der Waals surface area contributed by atoms with Crippen LogP contribution in [0.5, 0.6) is 5.75 Å². The lowest BCUT2D eigenvalue weighted by Gasteiger charge is -2.17. The summed E-state index contributed by atoms with van der Waals surface area (Å²) >= 11 is 5.93. The second kappa shape index (κ2) is 6.99. The Hall–Kier alpha value is -2.54. The normalized spacial score (nSPS) is 11.7. The fourth-order valence-electron chi connectivity index (χ4n) is 2.66. The summed E-state index contributed by atoms with van der Waals surface area (Å²) in [4.78, 5) is 17.3. The molecule has 0 aliphatic rings. The molecular weight excluding hydrogens is 369 g/mol. The molecule has 0 aliphatic carbocycles. The van der Waals surface area contributed by atoms with E-state index in [1.54, 1.807) is 31.2 Å². The van der Waals surface area contributed by atoms with Crippen LogP contribution in [0.4, 0.5) is 13.2 Å². The molecular formula is C18H14ClF3N2O2. The van der Waals surface area contributed by atoms with Gasteiger partial charge in [0.15, 0.2) is 0 Å². The number of aromatic nitrogens is 2. The molecule has 0 saturated carbocycles. The van der Waals surface area contributed by atoms with Crippen LogP contribution in [0.25, 0.3) is 16.6 Å². The molecule has 26 heavy (non-hydrogen) atoms. The molecule has 0 spiro atoms. The summed E-state index contributed by atoms with van der Waals surface area (Å²) in [7, 11) is 0. The number of halogens is 4. The summed E-state index contributed by atoms with van der Waals surface area (Å²) in [6.45, 7) is 1.93. The second-order valence-electron chi connectivity index (χ2n) is 5.43. The number of ether oxygens (including phenoxy) is 1. The van der Waals surface area contributed by atoms with Crippen molar-refractivity contribution < 1.29 is 17.9 Å². The van der Waals surface area contributed by atoms with Gasteiger partial charge in [-0.3, -0.25) is 9.36 Å². The Kier molecular flexibility index (Phi) is 4.91. The van der Waals surface area contributed by atoms with Crippen LogP contribution in [0.15, 0.2) is 47.3 Å². The first kappa shape index (κ1) is 18.3. The van der Waals surface area contributed by atoms with E-state index < -0.39 is 17.3 Å². The van der Waals surface area contributed by atoms with Crippen molar-refractivity contribution in [2.45, 2.75) is 19.0 Å². The van der Waals surface area contributed by atoms with Crippen LogP contribution in [-0.2, 0) is 12.1 Å². The van der Waals surface area contributed by atoms with Gasteiger partial charge in [-0.15, -0.1) is 11.6 Å². The zero-order valence-electron chi connectivity index (χ0n) is 13.7. The molecule has 0 aliphatic heterocycles. The highest BCUT2D eigenvalue weighted by molar-refractivity contribution is 6.16. The Labute approximate surface area is 151 Å². The molecule has 2 aromatic carbocycles. The number of fused-ring (bicyclic) bond motifs is 1. The molecule has 136 valence electrons. The molecule has 0 unspecified atom stereocenters. The predicted octanol–water partition coefficient (Wildman–Crippen LogP) is 4.54. The van der Waals surface area contributed by atoms with Gasteiger partial charge in [0.05, 0.1) is 34.6 Å². The predicted molar refractivity (Wildman–Crippen MR) is 93.1 cm³/mol. The van der Waals surface area contributed by atoms with Crippen molar-refractivity contribution in [3.63, 3.8) is 0 Å². The topological polar surface area (TPSA) is 44.1 Å². The highest BCUT2D eigenvalue weighted by Crippen LogP contribution is 2.34.